The Labute approximate surface area is 93.0 Å². The van der Waals surface area contributed by atoms with Crippen molar-refractivity contribution < 1.29 is 24.2 Å². The molecule has 7 nitrogen and oxygen atoms in total. The molecular weight excluding hydrogens is 216 g/mol. The van der Waals surface area contributed by atoms with E-state index < -0.39 is 23.9 Å². The lowest BCUT2D eigenvalue weighted by Gasteiger charge is -2.08. The predicted octanol–water partition coefficient (Wildman–Crippen LogP) is -0.619. The molecule has 0 aromatic rings. The van der Waals surface area contributed by atoms with Gasteiger partial charge in [-0.3, -0.25) is 4.79 Å². The quantitative estimate of drug-likeness (QED) is 0.465. The lowest BCUT2D eigenvalue weighted by molar-refractivity contribution is -0.260. The maximum atomic E-state index is 11.1. The van der Waals surface area contributed by atoms with E-state index in [0.717, 1.165) is 0 Å². The van der Waals surface area contributed by atoms with Crippen LogP contribution in [0.15, 0.2) is 0 Å². The average Bonchev–Trinajstić information content (AvgIpc) is 2.22. The van der Waals surface area contributed by atoms with E-state index in [2.05, 4.69) is 9.78 Å². The van der Waals surface area contributed by atoms with Crippen LogP contribution >= 0.6 is 0 Å². The van der Waals surface area contributed by atoms with Crippen molar-refractivity contribution in [2.75, 3.05) is 0 Å². The lowest BCUT2D eigenvalue weighted by Crippen LogP contribution is -2.34. The van der Waals surface area contributed by atoms with Crippen molar-refractivity contribution in [2.45, 2.75) is 38.6 Å². The highest BCUT2D eigenvalue weighted by Crippen LogP contribution is 1.99. The van der Waals surface area contributed by atoms with Gasteiger partial charge in [-0.15, -0.1) is 0 Å². The second kappa shape index (κ2) is 7.63. The molecule has 0 unspecified atom stereocenters. The first-order valence-electron chi connectivity index (χ1n) is 4.92. The Morgan fingerprint density at radius 3 is 2.31 bits per heavy atom. The van der Waals surface area contributed by atoms with Gasteiger partial charge in [-0.05, 0) is 12.8 Å². The van der Waals surface area contributed by atoms with Gasteiger partial charge in [0.05, 0.1) is 0 Å². The first kappa shape index (κ1) is 14.4. The number of rotatable bonds is 6. The van der Waals surface area contributed by atoms with E-state index in [-0.39, 0.29) is 19.3 Å². The third kappa shape index (κ3) is 6.77. The van der Waals surface area contributed by atoms with Gasteiger partial charge in [-0.25, -0.2) is 19.4 Å². The number of primary amides is 1. The van der Waals surface area contributed by atoms with Crippen LogP contribution in [0, 0.1) is 0 Å². The molecule has 1 atom stereocenters. The van der Waals surface area contributed by atoms with Crippen LogP contribution in [0.1, 0.15) is 32.6 Å². The number of amides is 1. The Bertz CT molecular complexity index is 267. The second-order valence-electron chi connectivity index (χ2n) is 3.22. The fraction of sp³-hybridized carbons (Fsp3) is 0.667. The van der Waals surface area contributed by atoms with Crippen LogP contribution in [-0.2, 0) is 24.2 Å². The molecule has 0 saturated heterocycles. The van der Waals surface area contributed by atoms with E-state index in [1.807, 2.05) is 0 Å². The standard InChI is InChI=1S/C9H16N2O5/c1-2-3-8(13)15-16-9(14)6(10)4-5-7(11)12/h6H,2-5,10H2,1H3,(H2,11,12)/t6-/m0/s1. The topological polar surface area (TPSA) is 122 Å². The molecule has 4 N–H and O–H groups in total. The fourth-order valence-electron chi connectivity index (χ4n) is 0.811. The Morgan fingerprint density at radius 1 is 1.19 bits per heavy atom. The van der Waals surface area contributed by atoms with Crippen molar-refractivity contribution in [3.05, 3.63) is 0 Å². The SMILES string of the molecule is CCCC(=O)OOC(=O)[C@@H](N)CCC(N)=O. The molecule has 0 aromatic heterocycles. The Kier molecular flexibility index (Phi) is 6.86. The van der Waals surface area contributed by atoms with E-state index in [4.69, 9.17) is 11.5 Å². The van der Waals surface area contributed by atoms with Crippen LogP contribution in [0.3, 0.4) is 0 Å². The van der Waals surface area contributed by atoms with E-state index in [0.29, 0.717) is 6.42 Å². The van der Waals surface area contributed by atoms with Gasteiger partial charge < -0.3 is 11.5 Å². The lowest BCUT2D eigenvalue weighted by atomic mass is 10.2. The van der Waals surface area contributed by atoms with Gasteiger partial charge in [0.15, 0.2) is 0 Å². The summed E-state index contributed by atoms with van der Waals surface area (Å²) >= 11 is 0. The predicted molar refractivity (Wildman–Crippen MR) is 53.5 cm³/mol. The molecular formula is C9H16N2O5. The molecule has 0 aliphatic heterocycles. The number of hydrogen-bond acceptors (Lipinski definition) is 6. The molecule has 0 bridgehead atoms. The smallest absolute Gasteiger partial charge is 0.370 e. The highest BCUT2D eigenvalue weighted by atomic mass is 17.2. The summed E-state index contributed by atoms with van der Waals surface area (Å²) in [4.78, 5) is 40.7. The molecule has 0 aliphatic rings. The van der Waals surface area contributed by atoms with Gasteiger partial charge in [0, 0.05) is 12.8 Å². The van der Waals surface area contributed by atoms with E-state index >= 15 is 0 Å². The monoisotopic (exact) mass is 232 g/mol. The van der Waals surface area contributed by atoms with Crippen LogP contribution in [0.5, 0.6) is 0 Å². The summed E-state index contributed by atoms with van der Waals surface area (Å²) in [6.45, 7) is 1.78. The molecule has 0 fully saturated rings. The van der Waals surface area contributed by atoms with Gasteiger partial charge >= 0.3 is 11.9 Å². The molecule has 7 heteroatoms. The third-order valence-corrected chi connectivity index (χ3v) is 1.68. The van der Waals surface area contributed by atoms with Crippen LogP contribution in [-0.4, -0.2) is 23.9 Å². The molecule has 16 heavy (non-hydrogen) atoms. The summed E-state index contributed by atoms with van der Waals surface area (Å²) in [5.74, 6) is -2.10. The van der Waals surface area contributed by atoms with Crippen molar-refractivity contribution in [3.63, 3.8) is 0 Å². The first-order valence-corrected chi connectivity index (χ1v) is 4.92. The molecule has 0 aliphatic carbocycles. The zero-order valence-electron chi connectivity index (χ0n) is 9.10. The largest absolute Gasteiger partial charge is 0.372 e. The van der Waals surface area contributed by atoms with Crippen molar-refractivity contribution in [1.29, 1.82) is 0 Å². The summed E-state index contributed by atoms with van der Waals surface area (Å²) in [6.07, 6.45) is 0.770. The van der Waals surface area contributed by atoms with E-state index in [1.165, 1.54) is 0 Å². The number of hydrogen-bond donors (Lipinski definition) is 2. The molecule has 0 rings (SSSR count). The minimum Gasteiger partial charge on any atom is -0.370 e. The molecule has 0 saturated carbocycles. The van der Waals surface area contributed by atoms with Gasteiger partial charge in [0.1, 0.15) is 6.04 Å². The summed E-state index contributed by atoms with van der Waals surface area (Å²) in [6, 6.07) is -1.03. The van der Waals surface area contributed by atoms with Crippen molar-refractivity contribution in [1.82, 2.24) is 0 Å². The first-order chi connectivity index (χ1) is 7.47. The molecule has 1 amide bonds. The Hall–Kier alpha value is -1.63. The summed E-state index contributed by atoms with van der Waals surface area (Å²) in [5, 5.41) is 0. The number of carbonyl (C=O) groups is 3. The van der Waals surface area contributed by atoms with Crippen molar-refractivity contribution in [2.24, 2.45) is 11.5 Å². The summed E-state index contributed by atoms with van der Waals surface area (Å²) in [7, 11) is 0. The van der Waals surface area contributed by atoms with Crippen LogP contribution in [0.25, 0.3) is 0 Å². The fourth-order valence-corrected chi connectivity index (χ4v) is 0.811. The number of carbonyl (C=O) groups excluding carboxylic acids is 3. The van der Waals surface area contributed by atoms with Crippen LogP contribution in [0.2, 0.25) is 0 Å². The maximum absolute atomic E-state index is 11.1. The molecule has 0 heterocycles. The zero-order valence-corrected chi connectivity index (χ0v) is 9.10. The summed E-state index contributed by atoms with van der Waals surface area (Å²) in [5.41, 5.74) is 10.2. The van der Waals surface area contributed by atoms with Crippen molar-refractivity contribution in [3.8, 4) is 0 Å². The molecule has 92 valence electrons. The third-order valence-electron chi connectivity index (χ3n) is 1.68. The van der Waals surface area contributed by atoms with Crippen LogP contribution < -0.4 is 11.5 Å². The highest BCUT2D eigenvalue weighted by molar-refractivity contribution is 5.78. The van der Waals surface area contributed by atoms with Gasteiger partial charge in [-0.1, -0.05) is 6.92 Å². The van der Waals surface area contributed by atoms with Crippen molar-refractivity contribution >= 4 is 17.8 Å². The highest BCUT2D eigenvalue weighted by Gasteiger charge is 2.18. The second-order valence-corrected chi connectivity index (χ2v) is 3.22. The van der Waals surface area contributed by atoms with E-state index in [9.17, 15) is 14.4 Å². The van der Waals surface area contributed by atoms with E-state index in [1.54, 1.807) is 6.92 Å². The van der Waals surface area contributed by atoms with Crippen LogP contribution in [0.4, 0.5) is 0 Å². The molecule has 0 radical (unpaired) electrons. The maximum Gasteiger partial charge on any atom is 0.372 e. The van der Waals surface area contributed by atoms with Gasteiger partial charge in [0.2, 0.25) is 5.91 Å². The molecule has 0 spiro atoms. The minimum atomic E-state index is -1.03. The Morgan fingerprint density at radius 2 is 1.81 bits per heavy atom. The Balaban J connectivity index is 3.78. The minimum absolute atomic E-state index is 0.0286. The number of nitrogens with two attached hydrogens (primary N) is 2. The normalized spacial score (nSPS) is 11.6. The van der Waals surface area contributed by atoms with Gasteiger partial charge in [0.25, 0.3) is 0 Å². The zero-order chi connectivity index (χ0) is 12.6. The average molecular weight is 232 g/mol. The van der Waals surface area contributed by atoms with Gasteiger partial charge in [-0.2, -0.15) is 0 Å². The summed E-state index contributed by atoms with van der Waals surface area (Å²) < 4.78 is 0. The molecule has 0 aromatic carbocycles.